The van der Waals surface area contributed by atoms with Crippen LogP contribution in [0.15, 0.2) is 182 Å². The van der Waals surface area contributed by atoms with Gasteiger partial charge in [-0.1, -0.05) is 0 Å². The quantitative estimate of drug-likeness (QED) is 0.169. The second kappa shape index (κ2) is 51.5. The minimum Gasteiger partial charge on any atom is -2.00 e. The summed E-state index contributed by atoms with van der Waals surface area (Å²) < 4.78 is 0. The maximum atomic E-state index is 7.14. The summed E-state index contributed by atoms with van der Waals surface area (Å²) in [4.78, 5) is 14.3. The molecule has 0 saturated carbocycles. The molecular weight excluding hydrogens is 638 g/mol. The molecular formula is C36H38O3Si2V2. The summed E-state index contributed by atoms with van der Waals surface area (Å²) >= 11 is 0. The molecule has 6 rings (SSSR count). The van der Waals surface area contributed by atoms with Crippen LogP contribution in [0.1, 0.15) is 0 Å². The van der Waals surface area contributed by atoms with Crippen LogP contribution in [-0.4, -0.2) is 30.6 Å². The van der Waals surface area contributed by atoms with Crippen molar-refractivity contribution in [3.63, 3.8) is 0 Å². The van der Waals surface area contributed by atoms with Gasteiger partial charge in [-0.2, -0.15) is 218 Å². The van der Waals surface area contributed by atoms with Crippen molar-refractivity contribution in [1.82, 2.24) is 0 Å². The molecule has 2 N–H and O–H groups in total. The molecule has 218 valence electrons. The molecule has 7 heteroatoms. The van der Waals surface area contributed by atoms with Crippen molar-refractivity contribution in [2.24, 2.45) is 0 Å². The molecule has 0 atom stereocenters. The minimum absolute atomic E-state index is 0. The van der Waals surface area contributed by atoms with Crippen LogP contribution in [0.5, 0.6) is 0 Å². The zero-order chi connectivity index (χ0) is 29.5. The maximum Gasteiger partial charge on any atom is 4.00 e. The van der Waals surface area contributed by atoms with Gasteiger partial charge < -0.3 is 15.1 Å². The summed E-state index contributed by atoms with van der Waals surface area (Å²) in [6.07, 6.45) is 0. The molecule has 0 aliphatic heterocycles. The number of rotatable bonds is 0. The van der Waals surface area contributed by atoms with Gasteiger partial charge in [0.05, 0.1) is 0 Å². The molecule has 0 unspecified atom stereocenters. The molecule has 0 saturated heterocycles. The standard InChI is InChI=1S/6C6H5.2H4OSi.O.2V/c6*1-2-4-6-5-3-1;2*1-2;;;/h6*1-5H;2*1H,2H3;;;/q6*-1;;;-2;2*+4. The largest absolute Gasteiger partial charge is 4.00 e. The van der Waals surface area contributed by atoms with E-state index in [1.165, 1.54) is 0 Å². The molecule has 0 heterocycles. The normalized spacial score (nSPS) is 7.12. The van der Waals surface area contributed by atoms with Gasteiger partial charge in [-0.25, -0.2) is 0 Å². The fraction of sp³-hybridized carbons (Fsp3) is 0. The third-order valence-electron chi connectivity index (χ3n) is 3.64. The summed E-state index contributed by atoms with van der Waals surface area (Å²) in [5, 5.41) is 0. The molecule has 0 aromatic heterocycles. The summed E-state index contributed by atoms with van der Waals surface area (Å²) in [6.45, 7) is 0. The van der Waals surface area contributed by atoms with Gasteiger partial charge in [0.15, 0.2) is 0 Å². The van der Waals surface area contributed by atoms with E-state index in [-0.39, 0.29) is 42.6 Å². The van der Waals surface area contributed by atoms with Gasteiger partial charge in [0, 0.05) is 0 Å². The van der Waals surface area contributed by atoms with Gasteiger partial charge in [-0.3, -0.25) is 0 Å². The third kappa shape index (κ3) is 48.8. The van der Waals surface area contributed by atoms with E-state index in [9.17, 15) is 0 Å². The van der Waals surface area contributed by atoms with Crippen LogP contribution in [0.2, 0.25) is 0 Å². The average Bonchev–Trinajstić information content (AvgIpc) is 3.12. The topological polar surface area (TPSA) is 69.0 Å². The molecule has 6 aromatic carbocycles. The number of benzene rings is 6. The van der Waals surface area contributed by atoms with Crippen molar-refractivity contribution in [3.8, 4) is 0 Å². The molecule has 0 aliphatic carbocycles. The minimum atomic E-state index is 0. The molecule has 2 radical (unpaired) electrons. The van der Waals surface area contributed by atoms with Crippen LogP contribution in [-0.2, 0) is 42.6 Å². The Morgan fingerprint density at radius 2 is 0.326 bits per heavy atom. The van der Waals surface area contributed by atoms with Crippen molar-refractivity contribution < 1.29 is 52.2 Å². The fourth-order valence-electron chi connectivity index (χ4n) is 2.05. The van der Waals surface area contributed by atoms with Gasteiger partial charge in [0.1, 0.15) is 21.0 Å². The van der Waals surface area contributed by atoms with Crippen LogP contribution in [0.4, 0.5) is 0 Å². The first-order chi connectivity index (χ1) is 20.0. The summed E-state index contributed by atoms with van der Waals surface area (Å²) in [5.41, 5.74) is 0. The molecule has 0 fully saturated rings. The molecule has 0 aliphatic rings. The Morgan fingerprint density at radius 3 is 0.349 bits per heavy atom. The van der Waals surface area contributed by atoms with Crippen molar-refractivity contribution in [2.75, 3.05) is 0 Å². The van der Waals surface area contributed by atoms with Gasteiger partial charge in [-0.05, 0) is 0 Å². The van der Waals surface area contributed by atoms with Gasteiger partial charge >= 0.3 is 37.1 Å². The monoisotopic (exact) mass is 676 g/mol. The SMILES string of the molecule is O[SiH3].O[SiH3].[O-2].[V+4].[V+4].[c-]1ccccc1.[c-]1ccccc1.[c-]1ccccc1.[c-]1ccccc1.[c-]1ccccc1.[c-]1ccccc1. The van der Waals surface area contributed by atoms with E-state index in [1.807, 2.05) is 182 Å². The molecule has 43 heavy (non-hydrogen) atoms. The number of hydrogen-bond donors (Lipinski definition) is 2. The van der Waals surface area contributed by atoms with Crippen molar-refractivity contribution >= 4 is 21.0 Å². The Bertz CT molecular complexity index is 715. The van der Waals surface area contributed by atoms with Crippen LogP contribution in [0, 0.1) is 36.4 Å². The van der Waals surface area contributed by atoms with E-state index >= 15 is 0 Å². The van der Waals surface area contributed by atoms with E-state index in [0.717, 1.165) is 0 Å². The zero-order valence-corrected chi connectivity index (χ0v) is 31.3. The van der Waals surface area contributed by atoms with Crippen molar-refractivity contribution in [1.29, 1.82) is 0 Å². The summed E-state index contributed by atoms with van der Waals surface area (Å²) in [5.74, 6) is 0. The summed E-state index contributed by atoms with van der Waals surface area (Å²) in [6, 6.07) is 75.0. The molecule has 0 bridgehead atoms. The fourth-order valence-corrected chi connectivity index (χ4v) is 2.05. The Labute approximate surface area is 289 Å². The van der Waals surface area contributed by atoms with E-state index in [2.05, 4.69) is 36.4 Å². The van der Waals surface area contributed by atoms with Crippen LogP contribution >= 0.6 is 0 Å². The predicted molar refractivity (Wildman–Crippen MR) is 177 cm³/mol. The first-order valence-corrected chi connectivity index (χ1v) is 14.1. The van der Waals surface area contributed by atoms with Crippen LogP contribution in [0.3, 0.4) is 0 Å². The molecule has 0 spiro atoms. The second-order valence-corrected chi connectivity index (χ2v) is 6.46. The molecule has 6 aromatic rings. The smallest absolute Gasteiger partial charge is 2.00 e. The Balaban J connectivity index is -0.000000129. The molecule has 0 amide bonds. The van der Waals surface area contributed by atoms with E-state index in [4.69, 9.17) is 9.59 Å². The molecule has 3 nitrogen and oxygen atoms in total. The predicted octanol–water partition coefficient (Wildman–Crippen LogP) is 5.32. The average molecular weight is 677 g/mol. The van der Waals surface area contributed by atoms with Crippen molar-refractivity contribution in [3.05, 3.63) is 218 Å². The van der Waals surface area contributed by atoms with E-state index in [1.54, 1.807) is 0 Å². The number of hydrogen-bond acceptors (Lipinski definition) is 2. The van der Waals surface area contributed by atoms with E-state index in [0.29, 0.717) is 21.0 Å². The third-order valence-corrected chi connectivity index (χ3v) is 3.64. The van der Waals surface area contributed by atoms with Gasteiger partial charge in [0.25, 0.3) is 0 Å². The Hall–Kier alpha value is -3.20. The van der Waals surface area contributed by atoms with Crippen LogP contribution < -0.4 is 0 Å². The second-order valence-electron chi connectivity index (χ2n) is 6.46. The Morgan fingerprint density at radius 1 is 0.233 bits per heavy atom. The first kappa shape index (κ1) is 49.5. The van der Waals surface area contributed by atoms with Gasteiger partial charge in [0.2, 0.25) is 0 Å². The first-order valence-electron chi connectivity index (χ1n) is 12.4. The maximum absolute atomic E-state index is 7.14. The Kier molecular flexibility index (Phi) is 59.3. The van der Waals surface area contributed by atoms with Gasteiger partial charge in [-0.15, -0.1) is 0 Å². The van der Waals surface area contributed by atoms with Crippen LogP contribution in [0.25, 0.3) is 0 Å². The van der Waals surface area contributed by atoms with Crippen molar-refractivity contribution in [2.45, 2.75) is 0 Å². The zero-order valence-electron chi connectivity index (χ0n) is 24.5. The summed E-state index contributed by atoms with van der Waals surface area (Å²) in [7, 11) is 0.611. The van der Waals surface area contributed by atoms with E-state index < -0.39 is 0 Å².